The SMILES string of the molecule is C.CC1(C)OB(c2cccc(-c3cccnc3)c2)OC1(C)C.Clc1cc(-c2ccc3ccccc3c2)nc2ccc(-c3ccc4ccccc4c3)cc12.c1cncc(-c2cccc(-c3cc(-c4ccc5ccccc5c4)nc4ccc(-c5ccc6ccccc6c5)cc34)c2)c1. The summed E-state index contributed by atoms with van der Waals surface area (Å²) in [6.45, 7) is 8.27. The summed E-state index contributed by atoms with van der Waals surface area (Å²) in [4.78, 5) is 18.6. The number of rotatable bonds is 8. The molecule has 0 spiro atoms. The first-order chi connectivity index (χ1) is 45.9. The first-order valence-corrected chi connectivity index (χ1v) is 32.2. The third kappa shape index (κ3) is 12.9. The molecule has 17 rings (SSSR count). The van der Waals surface area contributed by atoms with E-state index in [-0.39, 0.29) is 25.7 Å². The van der Waals surface area contributed by atoms with Crippen LogP contribution in [0.3, 0.4) is 0 Å². The first kappa shape index (κ1) is 61.6. The molecule has 95 heavy (non-hydrogen) atoms. The number of hydrogen-bond acceptors (Lipinski definition) is 6. The van der Waals surface area contributed by atoms with Crippen molar-refractivity contribution in [1.29, 1.82) is 0 Å². The number of benzene rings is 12. The van der Waals surface area contributed by atoms with Crippen LogP contribution >= 0.6 is 11.6 Å². The number of aromatic nitrogens is 4. The van der Waals surface area contributed by atoms with Crippen molar-refractivity contribution in [1.82, 2.24) is 19.9 Å². The van der Waals surface area contributed by atoms with Gasteiger partial charge >= 0.3 is 7.12 Å². The Morgan fingerprint density at radius 2 is 0.674 bits per heavy atom. The van der Waals surface area contributed by atoms with Crippen LogP contribution in [-0.4, -0.2) is 38.3 Å². The Labute approximate surface area is 560 Å². The average molecular weight is 1250 g/mol. The van der Waals surface area contributed by atoms with E-state index >= 15 is 0 Å². The second kappa shape index (κ2) is 26.2. The van der Waals surface area contributed by atoms with Gasteiger partial charge in [0.2, 0.25) is 0 Å². The number of halogens is 1. The Morgan fingerprint density at radius 3 is 1.16 bits per heavy atom. The molecule has 12 aromatic carbocycles. The third-order valence-electron chi connectivity index (χ3n) is 18.4. The summed E-state index contributed by atoms with van der Waals surface area (Å²) in [5, 5.41) is 12.6. The summed E-state index contributed by atoms with van der Waals surface area (Å²) < 4.78 is 12.2. The summed E-state index contributed by atoms with van der Waals surface area (Å²) in [5.74, 6) is 0. The molecule has 0 amide bonds. The Morgan fingerprint density at radius 1 is 0.305 bits per heavy atom. The number of nitrogens with zero attached hydrogens (tertiary/aromatic N) is 4. The van der Waals surface area contributed by atoms with Crippen molar-refractivity contribution >= 4 is 89.1 Å². The van der Waals surface area contributed by atoms with Crippen molar-refractivity contribution in [3.63, 3.8) is 0 Å². The summed E-state index contributed by atoms with van der Waals surface area (Å²) in [7, 11) is -0.327. The number of fused-ring (bicyclic) bond motifs is 6. The maximum Gasteiger partial charge on any atom is 0.494 e. The zero-order chi connectivity index (χ0) is 63.8. The van der Waals surface area contributed by atoms with Crippen LogP contribution in [0.25, 0.3) is 143 Å². The van der Waals surface area contributed by atoms with Gasteiger partial charge in [-0.2, -0.15) is 0 Å². The Balaban J connectivity index is 0.000000129. The van der Waals surface area contributed by atoms with E-state index in [2.05, 4.69) is 299 Å². The highest BCUT2D eigenvalue weighted by Crippen LogP contribution is 2.40. The molecular weight excluding hydrogens is 1180 g/mol. The van der Waals surface area contributed by atoms with Gasteiger partial charge in [-0.1, -0.05) is 231 Å². The molecule has 0 radical (unpaired) electrons. The van der Waals surface area contributed by atoms with E-state index in [4.69, 9.17) is 30.9 Å². The lowest BCUT2D eigenvalue weighted by molar-refractivity contribution is 0.00578. The predicted octanol–water partition coefficient (Wildman–Crippen LogP) is 22.8. The lowest BCUT2D eigenvalue weighted by atomic mass is 9.78. The van der Waals surface area contributed by atoms with Crippen molar-refractivity contribution in [2.24, 2.45) is 0 Å². The zero-order valence-corrected chi connectivity index (χ0v) is 53.3. The van der Waals surface area contributed by atoms with Gasteiger partial charge in [-0.15, -0.1) is 0 Å². The Hall–Kier alpha value is -10.9. The van der Waals surface area contributed by atoms with E-state index in [1.54, 1.807) is 6.20 Å². The molecule has 6 nitrogen and oxygen atoms in total. The maximum absolute atomic E-state index is 6.74. The van der Waals surface area contributed by atoms with Gasteiger partial charge in [0.25, 0.3) is 0 Å². The number of pyridine rings is 4. The molecular formula is C87H68BClN4O2. The van der Waals surface area contributed by atoms with Crippen LogP contribution in [-0.2, 0) is 9.31 Å². The van der Waals surface area contributed by atoms with Crippen LogP contribution in [0.5, 0.6) is 0 Å². The molecule has 1 aliphatic rings. The maximum atomic E-state index is 6.74. The molecule has 0 N–H and O–H groups in total. The van der Waals surface area contributed by atoms with E-state index in [1.165, 1.54) is 59.8 Å². The molecule has 1 aliphatic heterocycles. The predicted molar refractivity (Wildman–Crippen MR) is 401 cm³/mol. The van der Waals surface area contributed by atoms with E-state index in [0.717, 1.165) is 93.8 Å². The average Bonchev–Trinajstić information content (AvgIpc) is 1.70. The van der Waals surface area contributed by atoms with Crippen LogP contribution < -0.4 is 5.46 Å². The Kier molecular flexibility index (Phi) is 17.0. The molecule has 4 aromatic heterocycles. The molecule has 1 fully saturated rings. The molecule has 0 bridgehead atoms. The highest BCUT2D eigenvalue weighted by Gasteiger charge is 2.51. The topological polar surface area (TPSA) is 70.0 Å². The van der Waals surface area contributed by atoms with E-state index < -0.39 is 0 Å². The summed E-state index contributed by atoms with van der Waals surface area (Å²) >= 11 is 6.74. The van der Waals surface area contributed by atoms with E-state index in [1.807, 2.05) is 48.9 Å². The fourth-order valence-corrected chi connectivity index (χ4v) is 12.8. The highest BCUT2D eigenvalue weighted by molar-refractivity contribution is 6.62. The van der Waals surface area contributed by atoms with Gasteiger partial charge in [-0.25, -0.2) is 9.97 Å². The normalized spacial score (nSPS) is 13.1. The third-order valence-corrected chi connectivity index (χ3v) is 18.7. The van der Waals surface area contributed by atoms with Crippen LogP contribution in [0.4, 0.5) is 0 Å². The first-order valence-electron chi connectivity index (χ1n) is 31.8. The molecule has 458 valence electrons. The fraction of sp³-hybridized carbons (Fsp3) is 0.0805. The van der Waals surface area contributed by atoms with Crippen molar-refractivity contribution in [2.75, 3.05) is 0 Å². The minimum atomic E-state index is -0.327. The van der Waals surface area contributed by atoms with Crippen LogP contribution in [0, 0.1) is 0 Å². The second-order valence-electron chi connectivity index (χ2n) is 25.0. The van der Waals surface area contributed by atoms with E-state index in [0.29, 0.717) is 0 Å². The van der Waals surface area contributed by atoms with Crippen molar-refractivity contribution in [3.8, 4) is 78.1 Å². The molecule has 5 heterocycles. The molecule has 0 unspecified atom stereocenters. The largest absolute Gasteiger partial charge is 0.494 e. The van der Waals surface area contributed by atoms with Gasteiger partial charge in [0.05, 0.1) is 38.6 Å². The molecule has 0 saturated carbocycles. The van der Waals surface area contributed by atoms with Gasteiger partial charge < -0.3 is 9.31 Å². The molecule has 0 atom stereocenters. The lowest BCUT2D eigenvalue weighted by Gasteiger charge is -2.32. The van der Waals surface area contributed by atoms with Gasteiger partial charge in [0.15, 0.2) is 0 Å². The molecule has 16 aromatic rings. The van der Waals surface area contributed by atoms with Crippen LogP contribution in [0.1, 0.15) is 35.1 Å². The molecule has 0 aliphatic carbocycles. The van der Waals surface area contributed by atoms with Crippen LogP contribution in [0.15, 0.2) is 316 Å². The number of hydrogen-bond donors (Lipinski definition) is 0. The smallest absolute Gasteiger partial charge is 0.399 e. The minimum absolute atomic E-state index is 0. The minimum Gasteiger partial charge on any atom is -0.399 e. The quantitative estimate of drug-likeness (QED) is 0.141. The highest BCUT2D eigenvalue weighted by atomic mass is 35.5. The van der Waals surface area contributed by atoms with Gasteiger partial charge in [0, 0.05) is 52.3 Å². The van der Waals surface area contributed by atoms with E-state index in [9.17, 15) is 0 Å². The summed E-state index contributed by atoms with van der Waals surface area (Å²) in [6.07, 6.45) is 7.38. The summed E-state index contributed by atoms with van der Waals surface area (Å²) in [6, 6.07) is 102. The zero-order valence-electron chi connectivity index (χ0n) is 52.6. The Bertz CT molecular complexity index is 5490. The molecule has 8 heteroatoms. The van der Waals surface area contributed by atoms with Gasteiger partial charge in [-0.05, 0) is 205 Å². The monoisotopic (exact) mass is 1250 g/mol. The second-order valence-corrected chi connectivity index (χ2v) is 25.4. The van der Waals surface area contributed by atoms with Crippen molar-refractivity contribution in [2.45, 2.75) is 46.3 Å². The van der Waals surface area contributed by atoms with Gasteiger partial charge in [-0.3, -0.25) is 9.97 Å². The summed E-state index contributed by atoms with van der Waals surface area (Å²) in [5.41, 5.74) is 17.8. The van der Waals surface area contributed by atoms with Crippen molar-refractivity contribution < 1.29 is 9.31 Å². The van der Waals surface area contributed by atoms with Crippen LogP contribution in [0.2, 0.25) is 5.02 Å². The van der Waals surface area contributed by atoms with Crippen molar-refractivity contribution in [3.05, 3.63) is 321 Å². The molecule has 1 saturated heterocycles. The fourth-order valence-electron chi connectivity index (χ4n) is 12.5. The van der Waals surface area contributed by atoms with Gasteiger partial charge in [0.1, 0.15) is 0 Å². The lowest BCUT2D eigenvalue weighted by Crippen LogP contribution is -2.41. The standard InChI is InChI=1S/C40H26N2.C29H18ClN.C17H20BNO2.CH4/c1-3-9-29-21-32(16-14-27(29)7-1)33-18-19-39-38(24-33)37(34-12-5-11-31(22-34)36-13-6-20-41-26-36)25-40(42-39)35-17-15-28-8-2-4-10-30(28)23-35;30-27-18-29(25-12-10-20-6-2-4-8-22(20)16-25)31-28-14-13-24(17-26(27)28)23-11-9-19-5-1-3-7-21(19)15-23;1-16(2)17(3,4)21-18(20-16)15-9-5-7-13(11-15)14-8-6-10-19-12-14;/h1-26H;1-18H;5-12H,1-4H3;1H4.